The lowest BCUT2D eigenvalue weighted by atomic mass is 10.1. The standard InChI is InChI=1S/C20H29N3O5S/c1-27-18-7-4-15(13-19(18)29(25,26)21-16-5-6-16)20(24)23-10-8-22(9-11-23)14-17-3-2-12-28-17/h4,7,13,16-17,21H,2-3,5-6,8-12,14H2,1H3. The van der Waals surface area contributed by atoms with E-state index in [-0.39, 0.29) is 22.6 Å². The zero-order valence-corrected chi connectivity index (χ0v) is 17.6. The van der Waals surface area contributed by atoms with Crippen molar-refractivity contribution in [1.82, 2.24) is 14.5 Å². The number of nitrogens with zero attached hydrogens (tertiary/aromatic N) is 2. The van der Waals surface area contributed by atoms with Crippen molar-refractivity contribution in [2.24, 2.45) is 0 Å². The summed E-state index contributed by atoms with van der Waals surface area (Å²) in [4.78, 5) is 17.1. The van der Waals surface area contributed by atoms with Crippen LogP contribution in [0.5, 0.6) is 5.75 Å². The number of hydrogen-bond acceptors (Lipinski definition) is 6. The van der Waals surface area contributed by atoms with E-state index in [0.29, 0.717) is 24.8 Å². The summed E-state index contributed by atoms with van der Waals surface area (Å²) in [5.41, 5.74) is 0.370. The molecule has 1 amide bonds. The number of carbonyl (C=O) groups is 1. The van der Waals surface area contributed by atoms with E-state index in [2.05, 4.69) is 9.62 Å². The summed E-state index contributed by atoms with van der Waals surface area (Å²) in [6.45, 7) is 4.62. The molecule has 1 aromatic rings. The third kappa shape index (κ3) is 4.91. The molecule has 2 aliphatic heterocycles. The number of piperazine rings is 1. The molecule has 0 aromatic heterocycles. The molecule has 1 atom stereocenters. The predicted octanol–water partition coefficient (Wildman–Crippen LogP) is 1.07. The highest BCUT2D eigenvalue weighted by atomic mass is 32.2. The van der Waals surface area contributed by atoms with Gasteiger partial charge in [-0.1, -0.05) is 0 Å². The molecule has 1 aromatic carbocycles. The first-order chi connectivity index (χ1) is 14.0. The van der Waals surface area contributed by atoms with Gasteiger partial charge in [0.25, 0.3) is 5.91 Å². The maximum atomic E-state index is 13.0. The molecule has 1 saturated carbocycles. The van der Waals surface area contributed by atoms with Gasteiger partial charge in [-0.15, -0.1) is 0 Å². The van der Waals surface area contributed by atoms with Gasteiger partial charge in [0.05, 0.1) is 13.2 Å². The monoisotopic (exact) mass is 423 g/mol. The van der Waals surface area contributed by atoms with E-state index in [1.807, 2.05) is 0 Å². The normalized spacial score (nSPS) is 23.3. The Labute approximate surface area is 172 Å². The minimum atomic E-state index is -3.72. The van der Waals surface area contributed by atoms with Gasteiger partial charge in [-0.25, -0.2) is 13.1 Å². The van der Waals surface area contributed by atoms with Gasteiger partial charge in [-0.05, 0) is 43.9 Å². The number of hydrogen-bond donors (Lipinski definition) is 1. The zero-order valence-electron chi connectivity index (χ0n) is 16.8. The molecule has 2 saturated heterocycles. The minimum absolute atomic E-state index is 0.0130. The molecule has 8 nitrogen and oxygen atoms in total. The van der Waals surface area contributed by atoms with Crippen molar-refractivity contribution in [2.45, 2.75) is 42.7 Å². The largest absolute Gasteiger partial charge is 0.495 e. The lowest BCUT2D eigenvalue weighted by molar-refractivity contribution is 0.0432. The van der Waals surface area contributed by atoms with Crippen LogP contribution in [0.15, 0.2) is 23.1 Å². The second-order valence-electron chi connectivity index (χ2n) is 7.99. The van der Waals surface area contributed by atoms with Crippen molar-refractivity contribution in [2.75, 3.05) is 46.4 Å². The van der Waals surface area contributed by atoms with Crippen LogP contribution in [0, 0.1) is 0 Å². The molecule has 1 unspecified atom stereocenters. The van der Waals surface area contributed by atoms with Crippen molar-refractivity contribution in [3.8, 4) is 5.75 Å². The van der Waals surface area contributed by atoms with Crippen LogP contribution in [0.4, 0.5) is 0 Å². The number of sulfonamides is 1. The first kappa shape index (κ1) is 20.6. The lowest BCUT2D eigenvalue weighted by Gasteiger charge is -2.35. The zero-order chi connectivity index (χ0) is 20.4. The Morgan fingerprint density at radius 3 is 2.59 bits per heavy atom. The van der Waals surface area contributed by atoms with E-state index in [1.165, 1.54) is 13.2 Å². The van der Waals surface area contributed by atoms with Crippen LogP contribution in [-0.2, 0) is 14.8 Å². The van der Waals surface area contributed by atoms with Crippen LogP contribution in [0.3, 0.4) is 0 Å². The van der Waals surface area contributed by atoms with E-state index in [0.717, 1.165) is 51.9 Å². The molecule has 0 radical (unpaired) electrons. The summed E-state index contributed by atoms with van der Waals surface area (Å²) in [5.74, 6) is 0.100. The van der Waals surface area contributed by atoms with Gasteiger partial charge in [0.15, 0.2) is 0 Å². The smallest absolute Gasteiger partial charge is 0.253 e. The second-order valence-corrected chi connectivity index (χ2v) is 9.67. The van der Waals surface area contributed by atoms with E-state index in [9.17, 15) is 13.2 Å². The molecular formula is C20H29N3O5S. The van der Waals surface area contributed by atoms with Crippen molar-refractivity contribution in [3.63, 3.8) is 0 Å². The van der Waals surface area contributed by atoms with Crippen LogP contribution in [0.2, 0.25) is 0 Å². The average Bonchev–Trinajstić information content (AvgIpc) is 3.38. The van der Waals surface area contributed by atoms with Gasteiger partial charge >= 0.3 is 0 Å². The van der Waals surface area contributed by atoms with Gasteiger partial charge in [-0.3, -0.25) is 9.69 Å². The number of methoxy groups -OCH3 is 1. The number of benzene rings is 1. The Balaban J connectivity index is 1.42. The number of ether oxygens (including phenoxy) is 2. The number of carbonyl (C=O) groups excluding carboxylic acids is 1. The molecule has 4 rings (SSSR count). The third-order valence-electron chi connectivity index (χ3n) is 5.74. The maximum Gasteiger partial charge on any atom is 0.253 e. The Morgan fingerprint density at radius 2 is 1.97 bits per heavy atom. The molecule has 9 heteroatoms. The average molecular weight is 424 g/mol. The Hall–Kier alpha value is -1.68. The summed E-state index contributed by atoms with van der Waals surface area (Å²) < 4.78 is 39.0. The Morgan fingerprint density at radius 1 is 1.21 bits per heavy atom. The van der Waals surface area contributed by atoms with E-state index < -0.39 is 10.0 Å². The molecule has 2 heterocycles. The molecule has 0 bridgehead atoms. The van der Waals surface area contributed by atoms with E-state index >= 15 is 0 Å². The SMILES string of the molecule is COc1ccc(C(=O)N2CCN(CC3CCCO3)CC2)cc1S(=O)(=O)NC1CC1. The highest BCUT2D eigenvalue weighted by Crippen LogP contribution is 2.29. The fourth-order valence-electron chi connectivity index (χ4n) is 3.90. The third-order valence-corrected chi connectivity index (χ3v) is 7.29. The Bertz CT molecular complexity index is 842. The van der Waals surface area contributed by atoms with Gasteiger partial charge in [0.2, 0.25) is 10.0 Å². The van der Waals surface area contributed by atoms with Gasteiger partial charge in [0.1, 0.15) is 10.6 Å². The van der Waals surface area contributed by atoms with Gasteiger partial charge in [0, 0.05) is 50.9 Å². The first-order valence-electron chi connectivity index (χ1n) is 10.3. The van der Waals surface area contributed by atoms with Crippen molar-refractivity contribution < 1.29 is 22.7 Å². The van der Waals surface area contributed by atoms with Crippen molar-refractivity contribution >= 4 is 15.9 Å². The van der Waals surface area contributed by atoms with Crippen LogP contribution in [-0.4, -0.2) is 82.7 Å². The van der Waals surface area contributed by atoms with Crippen LogP contribution < -0.4 is 9.46 Å². The fraction of sp³-hybridized carbons (Fsp3) is 0.650. The quantitative estimate of drug-likeness (QED) is 0.706. The first-order valence-corrected chi connectivity index (χ1v) is 11.8. The summed E-state index contributed by atoms with van der Waals surface area (Å²) in [7, 11) is -2.29. The van der Waals surface area contributed by atoms with E-state index in [1.54, 1.807) is 17.0 Å². The highest BCUT2D eigenvalue weighted by molar-refractivity contribution is 7.89. The number of amides is 1. The van der Waals surface area contributed by atoms with Gasteiger partial charge < -0.3 is 14.4 Å². The molecular weight excluding hydrogens is 394 g/mol. The fourth-order valence-corrected chi connectivity index (χ4v) is 5.40. The number of rotatable bonds is 7. The predicted molar refractivity (Wildman–Crippen MR) is 108 cm³/mol. The lowest BCUT2D eigenvalue weighted by Crippen LogP contribution is -2.50. The number of nitrogens with one attached hydrogen (secondary N) is 1. The molecule has 1 aliphatic carbocycles. The van der Waals surface area contributed by atoms with Crippen molar-refractivity contribution in [3.05, 3.63) is 23.8 Å². The highest BCUT2D eigenvalue weighted by Gasteiger charge is 2.31. The molecule has 0 spiro atoms. The minimum Gasteiger partial charge on any atom is -0.495 e. The second kappa shape index (κ2) is 8.59. The molecule has 3 aliphatic rings. The Kier molecular flexibility index (Phi) is 6.10. The molecule has 1 N–H and O–H groups in total. The topological polar surface area (TPSA) is 88.2 Å². The van der Waals surface area contributed by atoms with Crippen LogP contribution in [0.25, 0.3) is 0 Å². The summed E-state index contributed by atoms with van der Waals surface area (Å²) >= 11 is 0. The van der Waals surface area contributed by atoms with Crippen LogP contribution >= 0.6 is 0 Å². The van der Waals surface area contributed by atoms with Crippen molar-refractivity contribution in [1.29, 1.82) is 0 Å². The van der Waals surface area contributed by atoms with Gasteiger partial charge in [-0.2, -0.15) is 0 Å². The summed E-state index contributed by atoms with van der Waals surface area (Å²) in [5, 5.41) is 0. The summed E-state index contributed by atoms with van der Waals surface area (Å²) in [6.07, 6.45) is 4.23. The molecule has 160 valence electrons. The summed E-state index contributed by atoms with van der Waals surface area (Å²) in [6, 6.07) is 4.62. The molecule has 3 fully saturated rings. The van der Waals surface area contributed by atoms with E-state index in [4.69, 9.17) is 9.47 Å². The molecule has 29 heavy (non-hydrogen) atoms. The van der Waals surface area contributed by atoms with Crippen LogP contribution in [0.1, 0.15) is 36.0 Å². The maximum absolute atomic E-state index is 13.0.